The zero-order chi connectivity index (χ0) is 16.8. The largest absolute Gasteiger partial charge is 0.465 e. The molecule has 0 unspecified atom stereocenters. The summed E-state index contributed by atoms with van der Waals surface area (Å²) in [5.74, 6) is -0.702. The number of methoxy groups -OCH3 is 2. The summed E-state index contributed by atoms with van der Waals surface area (Å²) in [4.78, 5) is 23.4. The lowest BCUT2D eigenvalue weighted by atomic mass is 10.1. The lowest BCUT2D eigenvalue weighted by molar-refractivity contribution is 0.0598. The molecule has 0 aliphatic carbocycles. The number of ether oxygens (including phenoxy) is 3. The fourth-order valence-corrected chi connectivity index (χ4v) is 1.90. The normalized spacial score (nSPS) is 9.61. The Kier molecular flexibility index (Phi) is 4.95. The molecule has 0 fully saturated rings. The molecule has 0 spiro atoms. The van der Waals surface area contributed by atoms with Gasteiger partial charge in [-0.1, -0.05) is 12.1 Å². The predicted octanol–water partition coefficient (Wildman–Crippen LogP) is 2.92. The minimum atomic E-state index is -0.617. The summed E-state index contributed by atoms with van der Waals surface area (Å²) in [6, 6.07) is 12.8. The number of benzene rings is 2. The molecule has 23 heavy (non-hydrogen) atoms. The molecule has 0 aliphatic rings. The van der Waals surface area contributed by atoms with Crippen LogP contribution in [0.4, 0.5) is 0 Å². The van der Waals surface area contributed by atoms with Gasteiger partial charge in [0, 0.05) is 0 Å². The first-order valence-corrected chi connectivity index (χ1v) is 6.57. The van der Waals surface area contributed by atoms with Crippen molar-refractivity contribution in [2.75, 3.05) is 14.2 Å². The lowest BCUT2D eigenvalue weighted by Crippen LogP contribution is -2.07. The van der Waals surface area contributed by atoms with Crippen molar-refractivity contribution in [2.45, 2.75) is 0 Å². The Hall–Kier alpha value is -3.33. The van der Waals surface area contributed by atoms with E-state index in [1.165, 1.54) is 32.4 Å². The average molecular weight is 311 g/mol. The minimum Gasteiger partial charge on any atom is -0.465 e. The zero-order valence-electron chi connectivity index (χ0n) is 12.5. The van der Waals surface area contributed by atoms with E-state index in [2.05, 4.69) is 9.47 Å². The fourth-order valence-electron chi connectivity index (χ4n) is 1.90. The van der Waals surface area contributed by atoms with Crippen LogP contribution in [0.3, 0.4) is 0 Å². The van der Waals surface area contributed by atoms with Crippen LogP contribution in [0.25, 0.3) is 0 Å². The van der Waals surface area contributed by atoms with Gasteiger partial charge >= 0.3 is 11.9 Å². The number of nitriles is 1. The van der Waals surface area contributed by atoms with Gasteiger partial charge in [-0.15, -0.1) is 0 Å². The average Bonchev–Trinajstić information content (AvgIpc) is 2.60. The van der Waals surface area contributed by atoms with E-state index in [0.717, 1.165) is 0 Å². The van der Waals surface area contributed by atoms with E-state index in [-0.39, 0.29) is 16.9 Å². The van der Waals surface area contributed by atoms with Crippen LogP contribution in [0.5, 0.6) is 11.5 Å². The Morgan fingerprint density at radius 2 is 1.52 bits per heavy atom. The first kappa shape index (κ1) is 16.0. The summed E-state index contributed by atoms with van der Waals surface area (Å²) in [6.45, 7) is 0. The topological polar surface area (TPSA) is 85.6 Å². The minimum absolute atomic E-state index is 0.139. The molecule has 116 valence electrons. The molecule has 6 nitrogen and oxygen atoms in total. The maximum Gasteiger partial charge on any atom is 0.338 e. The molecule has 0 N–H and O–H groups in total. The summed E-state index contributed by atoms with van der Waals surface area (Å²) >= 11 is 0. The molecule has 0 saturated carbocycles. The highest BCUT2D eigenvalue weighted by Crippen LogP contribution is 2.27. The van der Waals surface area contributed by atoms with Gasteiger partial charge in [0.05, 0.1) is 30.9 Å². The van der Waals surface area contributed by atoms with Crippen LogP contribution < -0.4 is 4.74 Å². The SMILES string of the molecule is COC(=O)c1cc(Oc2ccccc2C#N)cc(C(=O)OC)c1. The monoisotopic (exact) mass is 311 g/mol. The second-order valence-corrected chi connectivity index (χ2v) is 4.44. The highest BCUT2D eigenvalue weighted by molar-refractivity contribution is 5.96. The Bertz CT molecular complexity index is 758. The van der Waals surface area contributed by atoms with Crippen molar-refractivity contribution < 1.29 is 23.8 Å². The molecule has 0 bridgehead atoms. The van der Waals surface area contributed by atoms with Crippen LogP contribution >= 0.6 is 0 Å². The number of esters is 2. The van der Waals surface area contributed by atoms with E-state index < -0.39 is 11.9 Å². The Labute approximate surface area is 132 Å². The third-order valence-electron chi connectivity index (χ3n) is 2.98. The molecule has 0 saturated heterocycles. The fraction of sp³-hybridized carbons (Fsp3) is 0.118. The van der Waals surface area contributed by atoms with E-state index in [9.17, 15) is 9.59 Å². The molecule has 0 amide bonds. The van der Waals surface area contributed by atoms with Gasteiger partial charge < -0.3 is 14.2 Å². The van der Waals surface area contributed by atoms with Crippen molar-refractivity contribution >= 4 is 11.9 Å². The quantitative estimate of drug-likeness (QED) is 0.807. The number of rotatable bonds is 4. The number of carbonyl (C=O) groups is 2. The molecule has 2 aromatic rings. The van der Waals surface area contributed by atoms with Crippen LogP contribution in [-0.2, 0) is 9.47 Å². The second-order valence-electron chi connectivity index (χ2n) is 4.44. The number of carbonyl (C=O) groups excluding carboxylic acids is 2. The van der Waals surface area contributed by atoms with Gasteiger partial charge in [-0.3, -0.25) is 0 Å². The summed E-state index contributed by atoms with van der Waals surface area (Å²) in [5, 5.41) is 9.08. The number of hydrogen-bond acceptors (Lipinski definition) is 6. The van der Waals surface area contributed by atoms with Crippen molar-refractivity contribution in [1.29, 1.82) is 5.26 Å². The molecule has 0 aliphatic heterocycles. The van der Waals surface area contributed by atoms with E-state index in [0.29, 0.717) is 11.3 Å². The summed E-state index contributed by atoms with van der Waals surface area (Å²) in [5.41, 5.74) is 0.607. The van der Waals surface area contributed by atoms with Gasteiger partial charge in [-0.25, -0.2) is 9.59 Å². The molecule has 0 heterocycles. The first-order chi connectivity index (χ1) is 11.1. The Morgan fingerprint density at radius 1 is 0.957 bits per heavy atom. The summed E-state index contributed by atoms with van der Waals surface area (Å²) in [6.07, 6.45) is 0. The lowest BCUT2D eigenvalue weighted by Gasteiger charge is -2.10. The number of para-hydroxylation sites is 1. The van der Waals surface area contributed by atoms with Gasteiger partial charge in [0.2, 0.25) is 0 Å². The van der Waals surface area contributed by atoms with E-state index in [1.807, 2.05) is 6.07 Å². The second kappa shape index (κ2) is 7.09. The van der Waals surface area contributed by atoms with E-state index >= 15 is 0 Å². The van der Waals surface area contributed by atoms with E-state index in [4.69, 9.17) is 10.00 Å². The molecule has 0 radical (unpaired) electrons. The van der Waals surface area contributed by atoms with Crippen LogP contribution in [0.1, 0.15) is 26.3 Å². The van der Waals surface area contributed by atoms with Crippen molar-refractivity contribution in [3.05, 3.63) is 59.2 Å². The van der Waals surface area contributed by atoms with Crippen LogP contribution in [0.2, 0.25) is 0 Å². The van der Waals surface area contributed by atoms with Gasteiger partial charge in [0.1, 0.15) is 17.6 Å². The maximum atomic E-state index is 11.7. The van der Waals surface area contributed by atoms with Crippen LogP contribution in [-0.4, -0.2) is 26.2 Å². The highest BCUT2D eigenvalue weighted by atomic mass is 16.5. The molecule has 6 heteroatoms. The smallest absolute Gasteiger partial charge is 0.338 e. The van der Waals surface area contributed by atoms with Gasteiger partial charge in [0.15, 0.2) is 0 Å². The number of nitrogens with zero attached hydrogens (tertiary/aromatic N) is 1. The van der Waals surface area contributed by atoms with Crippen molar-refractivity contribution in [3.63, 3.8) is 0 Å². The third kappa shape index (κ3) is 3.66. The van der Waals surface area contributed by atoms with Crippen molar-refractivity contribution in [1.82, 2.24) is 0 Å². The van der Waals surface area contributed by atoms with Crippen LogP contribution in [0, 0.1) is 11.3 Å². The third-order valence-corrected chi connectivity index (χ3v) is 2.98. The van der Waals surface area contributed by atoms with Gasteiger partial charge in [-0.05, 0) is 30.3 Å². The van der Waals surface area contributed by atoms with Crippen molar-refractivity contribution in [2.24, 2.45) is 0 Å². The molecule has 2 rings (SSSR count). The summed E-state index contributed by atoms with van der Waals surface area (Å²) < 4.78 is 14.9. The number of hydrogen-bond donors (Lipinski definition) is 0. The van der Waals surface area contributed by atoms with E-state index in [1.54, 1.807) is 24.3 Å². The zero-order valence-corrected chi connectivity index (χ0v) is 12.5. The van der Waals surface area contributed by atoms with Crippen LogP contribution in [0.15, 0.2) is 42.5 Å². The molecule has 2 aromatic carbocycles. The predicted molar refractivity (Wildman–Crippen MR) is 80.4 cm³/mol. The maximum absolute atomic E-state index is 11.7. The standard InChI is InChI=1S/C17H13NO5/c1-21-16(19)12-7-13(17(20)22-2)9-14(8-12)23-15-6-4-3-5-11(15)10-18/h3-9H,1-2H3. The van der Waals surface area contributed by atoms with Gasteiger partial charge in [0.25, 0.3) is 0 Å². The first-order valence-electron chi connectivity index (χ1n) is 6.57. The van der Waals surface area contributed by atoms with Crippen molar-refractivity contribution in [3.8, 4) is 17.6 Å². The molecule has 0 atom stereocenters. The Morgan fingerprint density at radius 3 is 2.04 bits per heavy atom. The molecular weight excluding hydrogens is 298 g/mol. The van der Waals surface area contributed by atoms with Gasteiger partial charge in [-0.2, -0.15) is 5.26 Å². The molecule has 0 aromatic heterocycles. The Balaban J connectivity index is 2.47. The highest BCUT2D eigenvalue weighted by Gasteiger charge is 2.15. The summed E-state index contributed by atoms with van der Waals surface area (Å²) in [7, 11) is 2.47. The molecular formula is C17H13NO5.